The summed E-state index contributed by atoms with van der Waals surface area (Å²) in [5, 5.41) is 21.2. The van der Waals surface area contributed by atoms with E-state index in [2.05, 4.69) is 20.7 Å². The van der Waals surface area contributed by atoms with E-state index < -0.39 is 10.7 Å². The third-order valence-corrected chi connectivity index (χ3v) is 4.31. The number of halogens is 2. The zero-order valence-corrected chi connectivity index (χ0v) is 16.5. The molecule has 150 valence electrons. The lowest BCUT2D eigenvalue weighted by Crippen LogP contribution is -2.20. The first-order valence-electron chi connectivity index (χ1n) is 8.09. The molecule has 0 bridgehead atoms. The fourth-order valence-corrected chi connectivity index (χ4v) is 2.83. The molecule has 2 N–H and O–H groups in total. The Balaban J connectivity index is 1.65. The number of thiocarbonyl (C=S) groups is 1. The van der Waals surface area contributed by atoms with Crippen molar-refractivity contribution >= 4 is 46.3 Å². The Morgan fingerprint density at radius 1 is 1.34 bits per heavy atom. The fraction of sp³-hybridized carbons (Fsp3) is 0.118. The van der Waals surface area contributed by atoms with Crippen LogP contribution < -0.4 is 15.4 Å². The number of aromatic nitrogens is 3. The first-order chi connectivity index (χ1) is 13.9. The molecule has 1 aromatic heterocycles. The van der Waals surface area contributed by atoms with Crippen LogP contribution in [-0.2, 0) is 6.54 Å². The first kappa shape index (κ1) is 20.4. The largest absolute Gasteiger partial charge is 0.494 e. The average Bonchev–Trinajstić information content (AvgIpc) is 3.10. The van der Waals surface area contributed by atoms with Gasteiger partial charge in [-0.3, -0.25) is 15.4 Å². The van der Waals surface area contributed by atoms with Crippen LogP contribution in [0.15, 0.2) is 42.7 Å². The lowest BCUT2D eigenvalue weighted by atomic mass is 10.2. The molecule has 0 saturated heterocycles. The number of methoxy groups -OCH3 is 1. The quantitative estimate of drug-likeness (QED) is 0.341. The number of hydrogen-bond donors (Lipinski definition) is 2. The molecule has 9 nitrogen and oxygen atoms in total. The van der Waals surface area contributed by atoms with Gasteiger partial charge in [0.1, 0.15) is 17.9 Å². The van der Waals surface area contributed by atoms with E-state index in [4.69, 9.17) is 28.6 Å². The van der Waals surface area contributed by atoms with E-state index in [0.29, 0.717) is 17.8 Å². The van der Waals surface area contributed by atoms with E-state index in [0.717, 1.165) is 0 Å². The third-order valence-electron chi connectivity index (χ3n) is 3.75. The van der Waals surface area contributed by atoms with Crippen LogP contribution in [0.4, 0.5) is 21.7 Å². The second kappa shape index (κ2) is 8.80. The summed E-state index contributed by atoms with van der Waals surface area (Å²) in [4.78, 5) is 14.4. The first-order valence-corrected chi connectivity index (χ1v) is 8.88. The van der Waals surface area contributed by atoms with Gasteiger partial charge in [-0.2, -0.15) is 0 Å². The minimum atomic E-state index is -0.521. The molecule has 0 unspecified atom stereocenters. The van der Waals surface area contributed by atoms with Gasteiger partial charge >= 0.3 is 0 Å². The molecule has 29 heavy (non-hydrogen) atoms. The van der Waals surface area contributed by atoms with E-state index in [1.165, 1.54) is 48.5 Å². The van der Waals surface area contributed by atoms with Crippen LogP contribution in [0.1, 0.15) is 5.56 Å². The second-order valence-corrected chi connectivity index (χ2v) is 6.54. The molecule has 0 aliphatic rings. The van der Waals surface area contributed by atoms with E-state index in [-0.39, 0.29) is 27.5 Å². The van der Waals surface area contributed by atoms with Gasteiger partial charge in [0.05, 0.1) is 30.3 Å². The van der Waals surface area contributed by atoms with Crippen molar-refractivity contribution in [2.45, 2.75) is 6.54 Å². The molecule has 12 heteroatoms. The molecule has 1 heterocycles. The zero-order valence-electron chi connectivity index (χ0n) is 14.9. The number of nitro groups is 1. The number of nitrogens with zero attached hydrogens (tertiary/aromatic N) is 4. The molecule has 0 spiro atoms. The molecular weight excluding hydrogens is 423 g/mol. The van der Waals surface area contributed by atoms with Gasteiger partial charge in [0, 0.05) is 11.1 Å². The number of ether oxygens (including phenoxy) is 1. The Kier molecular flexibility index (Phi) is 6.20. The summed E-state index contributed by atoms with van der Waals surface area (Å²) in [6.07, 6.45) is 1.47. The number of benzene rings is 2. The van der Waals surface area contributed by atoms with Crippen LogP contribution in [0.5, 0.6) is 5.75 Å². The summed E-state index contributed by atoms with van der Waals surface area (Å²) in [6, 6.07) is 8.20. The third kappa shape index (κ3) is 5.15. The Labute approximate surface area is 174 Å². The second-order valence-electron chi connectivity index (χ2n) is 5.72. The van der Waals surface area contributed by atoms with E-state index >= 15 is 0 Å². The van der Waals surface area contributed by atoms with Gasteiger partial charge < -0.3 is 10.1 Å². The molecule has 0 radical (unpaired) electrons. The number of anilines is 2. The maximum absolute atomic E-state index is 13.1. The van der Waals surface area contributed by atoms with Crippen LogP contribution in [0.25, 0.3) is 0 Å². The number of hydrogen-bond acceptors (Lipinski definition) is 6. The van der Waals surface area contributed by atoms with Crippen molar-refractivity contribution in [1.82, 2.24) is 14.8 Å². The number of non-ortho nitro benzene ring substituents is 1. The summed E-state index contributed by atoms with van der Waals surface area (Å²) in [6.45, 7) is 0.296. The predicted octanol–water partition coefficient (Wildman–Crippen LogP) is 3.84. The van der Waals surface area contributed by atoms with Crippen molar-refractivity contribution in [1.29, 1.82) is 0 Å². The lowest BCUT2D eigenvalue weighted by Gasteiger charge is -2.11. The molecular formula is C17H14ClFN6O3S. The summed E-state index contributed by atoms with van der Waals surface area (Å²) in [7, 11) is 1.39. The van der Waals surface area contributed by atoms with Crippen LogP contribution in [-0.4, -0.2) is 31.9 Å². The Bertz CT molecular complexity index is 1080. The minimum Gasteiger partial charge on any atom is -0.494 e. The molecule has 0 aliphatic carbocycles. The molecule has 0 atom stereocenters. The SMILES string of the molecule is COc1cc([N+](=O)[O-])ccc1NC(=S)Nc1ncn(Cc2ccc(F)cc2Cl)n1. The lowest BCUT2D eigenvalue weighted by molar-refractivity contribution is -0.384. The molecule has 3 rings (SSSR count). The van der Waals surface area contributed by atoms with Crippen molar-refractivity contribution < 1.29 is 14.1 Å². The highest BCUT2D eigenvalue weighted by Gasteiger charge is 2.13. The number of rotatable bonds is 6. The summed E-state index contributed by atoms with van der Waals surface area (Å²) >= 11 is 11.2. The summed E-state index contributed by atoms with van der Waals surface area (Å²) in [5.74, 6) is 0.0622. The Hall–Kier alpha value is -3.31. The standard InChI is InChI=1S/C17H14ClFN6O3S/c1-28-15-7-12(25(26)27)4-5-14(15)21-17(29)22-16-20-9-24(23-16)8-10-2-3-11(19)6-13(10)18/h2-7,9H,8H2,1H3,(H2,21,22,23,29). The maximum atomic E-state index is 13.1. The molecule has 0 amide bonds. The zero-order chi connectivity index (χ0) is 21.0. The highest BCUT2D eigenvalue weighted by atomic mass is 35.5. The van der Waals surface area contributed by atoms with E-state index in [1.807, 2.05) is 0 Å². The predicted molar refractivity (Wildman–Crippen MR) is 110 cm³/mol. The van der Waals surface area contributed by atoms with Crippen molar-refractivity contribution in [3.8, 4) is 5.75 Å². The van der Waals surface area contributed by atoms with Crippen LogP contribution in [0.2, 0.25) is 5.02 Å². The number of nitrogens with one attached hydrogen (secondary N) is 2. The topological polar surface area (TPSA) is 107 Å². The smallest absolute Gasteiger partial charge is 0.273 e. The van der Waals surface area contributed by atoms with Crippen LogP contribution in [0.3, 0.4) is 0 Å². The minimum absolute atomic E-state index is 0.105. The fourth-order valence-electron chi connectivity index (χ4n) is 2.40. The molecule has 2 aromatic carbocycles. The normalized spacial score (nSPS) is 10.4. The van der Waals surface area contributed by atoms with Gasteiger partial charge in [0.15, 0.2) is 5.11 Å². The maximum Gasteiger partial charge on any atom is 0.273 e. The molecule has 3 aromatic rings. The van der Waals surface area contributed by atoms with E-state index in [1.54, 1.807) is 6.07 Å². The van der Waals surface area contributed by atoms with Crippen molar-refractivity contribution in [3.05, 3.63) is 69.2 Å². The van der Waals surface area contributed by atoms with E-state index in [9.17, 15) is 14.5 Å². The van der Waals surface area contributed by atoms with Gasteiger partial charge in [-0.15, -0.1) is 5.10 Å². The molecule has 0 aliphatic heterocycles. The van der Waals surface area contributed by atoms with Crippen molar-refractivity contribution in [3.63, 3.8) is 0 Å². The number of nitro benzene ring substituents is 1. The van der Waals surface area contributed by atoms with Gasteiger partial charge in [0.2, 0.25) is 5.95 Å². The van der Waals surface area contributed by atoms with Gasteiger partial charge in [-0.05, 0) is 36.0 Å². The van der Waals surface area contributed by atoms with Crippen LogP contribution in [0, 0.1) is 15.9 Å². The average molecular weight is 437 g/mol. The van der Waals surface area contributed by atoms with Gasteiger partial charge in [-0.1, -0.05) is 17.7 Å². The monoisotopic (exact) mass is 436 g/mol. The van der Waals surface area contributed by atoms with Gasteiger partial charge in [0.25, 0.3) is 5.69 Å². The highest BCUT2D eigenvalue weighted by molar-refractivity contribution is 7.80. The summed E-state index contributed by atoms with van der Waals surface area (Å²) in [5.41, 5.74) is 1.01. The molecule has 0 saturated carbocycles. The highest BCUT2D eigenvalue weighted by Crippen LogP contribution is 2.29. The van der Waals surface area contributed by atoms with Crippen molar-refractivity contribution in [2.24, 2.45) is 0 Å². The summed E-state index contributed by atoms with van der Waals surface area (Å²) < 4.78 is 19.8. The van der Waals surface area contributed by atoms with Gasteiger partial charge in [-0.25, -0.2) is 14.1 Å². The van der Waals surface area contributed by atoms with Crippen molar-refractivity contribution in [2.75, 3.05) is 17.7 Å². The Morgan fingerprint density at radius 2 is 2.14 bits per heavy atom. The molecule has 0 fully saturated rings. The van der Waals surface area contributed by atoms with Crippen LogP contribution >= 0.6 is 23.8 Å². The Morgan fingerprint density at radius 3 is 2.83 bits per heavy atom.